The fourth-order valence-electron chi connectivity index (χ4n) is 2.93. The molecule has 3 heterocycles. The summed E-state index contributed by atoms with van der Waals surface area (Å²) < 4.78 is 7.50. The van der Waals surface area contributed by atoms with Gasteiger partial charge in [-0.25, -0.2) is 9.67 Å². The van der Waals surface area contributed by atoms with Gasteiger partial charge in [-0.1, -0.05) is 13.8 Å². The van der Waals surface area contributed by atoms with Crippen molar-refractivity contribution in [1.82, 2.24) is 19.7 Å². The van der Waals surface area contributed by atoms with Gasteiger partial charge in [0, 0.05) is 13.0 Å². The minimum atomic E-state index is -0.0954. The highest BCUT2D eigenvalue weighted by atomic mass is 16.5. The lowest BCUT2D eigenvalue weighted by Gasteiger charge is -2.27. The highest BCUT2D eigenvalue weighted by Gasteiger charge is 2.24. The first-order valence-electron chi connectivity index (χ1n) is 7.62. The monoisotopic (exact) mass is 290 g/mol. The van der Waals surface area contributed by atoms with Crippen LogP contribution in [0.2, 0.25) is 0 Å². The van der Waals surface area contributed by atoms with Crippen molar-refractivity contribution in [2.24, 2.45) is 5.92 Å². The van der Waals surface area contributed by atoms with E-state index in [2.05, 4.69) is 35.8 Å². The van der Waals surface area contributed by atoms with Gasteiger partial charge >= 0.3 is 0 Å². The van der Waals surface area contributed by atoms with Crippen molar-refractivity contribution >= 4 is 11.0 Å². The van der Waals surface area contributed by atoms with Crippen molar-refractivity contribution in [1.29, 1.82) is 0 Å². The van der Waals surface area contributed by atoms with Gasteiger partial charge in [0.05, 0.1) is 18.3 Å². The number of aromatic nitrogens is 4. The van der Waals surface area contributed by atoms with Gasteiger partial charge in [0.25, 0.3) is 5.56 Å². The normalized spacial score (nSPS) is 23.0. The van der Waals surface area contributed by atoms with Gasteiger partial charge in [0.15, 0.2) is 5.65 Å². The second-order valence-electron chi connectivity index (χ2n) is 6.30. The Morgan fingerprint density at radius 2 is 2.33 bits per heavy atom. The van der Waals surface area contributed by atoms with Crippen LogP contribution in [0.1, 0.15) is 45.5 Å². The topological polar surface area (TPSA) is 72.8 Å². The quantitative estimate of drug-likeness (QED) is 0.939. The Kier molecular flexibility index (Phi) is 3.80. The van der Waals surface area contributed by atoms with E-state index in [9.17, 15) is 4.79 Å². The van der Waals surface area contributed by atoms with Gasteiger partial charge in [-0.05, 0) is 25.7 Å². The molecule has 0 aromatic carbocycles. The largest absolute Gasteiger partial charge is 0.378 e. The molecular formula is C15H22N4O2. The molecule has 1 saturated heterocycles. The number of ether oxygens (including phenoxy) is 1. The van der Waals surface area contributed by atoms with Crippen LogP contribution < -0.4 is 5.56 Å². The van der Waals surface area contributed by atoms with E-state index < -0.39 is 0 Å². The minimum absolute atomic E-state index is 0.0954. The lowest BCUT2D eigenvalue weighted by atomic mass is 10.0. The van der Waals surface area contributed by atoms with Crippen LogP contribution in [0.15, 0.2) is 11.0 Å². The zero-order chi connectivity index (χ0) is 15.0. The van der Waals surface area contributed by atoms with Gasteiger partial charge in [-0.3, -0.25) is 4.79 Å². The highest BCUT2D eigenvalue weighted by Crippen LogP contribution is 2.26. The van der Waals surface area contributed by atoms with Crippen LogP contribution in [0.5, 0.6) is 0 Å². The summed E-state index contributed by atoms with van der Waals surface area (Å²) >= 11 is 0. The van der Waals surface area contributed by atoms with Crippen LogP contribution in [0.4, 0.5) is 0 Å². The standard InChI is InChI=1S/C15H22N4O2/c1-9(2)6-13-17-14-12(15(20)18-13)8-16-19(14)11-4-5-21-10(3)7-11/h8-11H,4-7H2,1-3H3,(H,17,18,20)/t10-,11?/m1/s1. The van der Waals surface area contributed by atoms with E-state index in [1.54, 1.807) is 6.20 Å². The number of hydrogen-bond donors (Lipinski definition) is 1. The van der Waals surface area contributed by atoms with Crippen LogP contribution in [-0.2, 0) is 11.2 Å². The predicted octanol–water partition coefficient (Wildman–Crippen LogP) is 2.06. The molecular weight excluding hydrogens is 268 g/mol. The number of nitrogens with zero attached hydrogens (tertiary/aromatic N) is 3. The molecule has 114 valence electrons. The van der Waals surface area contributed by atoms with Crippen molar-refractivity contribution in [2.45, 2.75) is 52.2 Å². The van der Waals surface area contributed by atoms with Crippen molar-refractivity contribution in [3.8, 4) is 0 Å². The van der Waals surface area contributed by atoms with Gasteiger partial charge in [0.2, 0.25) is 0 Å². The second-order valence-corrected chi connectivity index (χ2v) is 6.30. The van der Waals surface area contributed by atoms with E-state index in [-0.39, 0.29) is 17.7 Å². The maximum Gasteiger partial charge on any atom is 0.262 e. The molecule has 3 rings (SSSR count). The lowest BCUT2D eigenvalue weighted by Crippen LogP contribution is -2.26. The molecule has 0 aliphatic carbocycles. The summed E-state index contributed by atoms with van der Waals surface area (Å²) in [5.41, 5.74) is 0.607. The highest BCUT2D eigenvalue weighted by molar-refractivity contribution is 5.73. The van der Waals surface area contributed by atoms with E-state index in [1.165, 1.54) is 0 Å². The average Bonchev–Trinajstić information content (AvgIpc) is 2.82. The van der Waals surface area contributed by atoms with Gasteiger partial charge < -0.3 is 9.72 Å². The van der Waals surface area contributed by atoms with E-state index in [1.807, 2.05) is 4.68 Å². The van der Waals surface area contributed by atoms with E-state index in [0.29, 0.717) is 17.0 Å². The van der Waals surface area contributed by atoms with Crippen molar-refractivity contribution in [3.63, 3.8) is 0 Å². The Bertz CT molecular complexity index is 689. The molecule has 0 saturated carbocycles. The molecule has 0 amide bonds. The van der Waals surface area contributed by atoms with Crippen LogP contribution in [0, 0.1) is 5.92 Å². The lowest BCUT2D eigenvalue weighted by molar-refractivity contribution is 0.00431. The van der Waals surface area contributed by atoms with E-state index in [0.717, 1.165) is 31.7 Å². The Morgan fingerprint density at radius 3 is 3.05 bits per heavy atom. The number of aromatic amines is 1. The summed E-state index contributed by atoms with van der Waals surface area (Å²) in [5, 5.41) is 4.98. The Balaban J connectivity index is 2.03. The number of rotatable bonds is 3. The summed E-state index contributed by atoms with van der Waals surface area (Å²) in [5.74, 6) is 1.19. The first-order chi connectivity index (χ1) is 10.0. The molecule has 6 heteroatoms. The first-order valence-corrected chi connectivity index (χ1v) is 7.62. The van der Waals surface area contributed by atoms with Gasteiger partial charge in [-0.15, -0.1) is 0 Å². The number of nitrogens with one attached hydrogen (secondary N) is 1. The molecule has 1 fully saturated rings. The Hall–Kier alpha value is -1.69. The molecule has 0 bridgehead atoms. The maximum absolute atomic E-state index is 12.2. The molecule has 2 atom stereocenters. The third-order valence-corrected chi connectivity index (χ3v) is 3.92. The summed E-state index contributed by atoms with van der Waals surface area (Å²) in [4.78, 5) is 19.7. The molecule has 2 aromatic heterocycles. The summed E-state index contributed by atoms with van der Waals surface area (Å²) in [6, 6.07) is 0.257. The molecule has 0 spiro atoms. The van der Waals surface area contributed by atoms with Crippen molar-refractivity contribution in [3.05, 3.63) is 22.4 Å². The fraction of sp³-hybridized carbons (Fsp3) is 0.667. The molecule has 1 unspecified atom stereocenters. The molecule has 21 heavy (non-hydrogen) atoms. The third kappa shape index (κ3) is 2.85. The molecule has 1 aliphatic rings. The minimum Gasteiger partial charge on any atom is -0.378 e. The predicted molar refractivity (Wildman–Crippen MR) is 80.4 cm³/mol. The first kappa shape index (κ1) is 14.3. The van der Waals surface area contributed by atoms with Crippen molar-refractivity contribution in [2.75, 3.05) is 6.61 Å². The summed E-state index contributed by atoms with van der Waals surface area (Å²) in [6.07, 6.45) is 4.43. The van der Waals surface area contributed by atoms with Crippen molar-refractivity contribution < 1.29 is 4.74 Å². The Morgan fingerprint density at radius 1 is 1.52 bits per heavy atom. The van der Waals surface area contributed by atoms with E-state index in [4.69, 9.17) is 4.74 Å². The van der Waals surface area contributed by atoms with Crippen LogP contribution in [0.3, 0.4) is 0 Å². The van der Waals surface area contributed by atoms with E-state index >= 15 is 0 Å². The number of H-pyrrole nitrogens is 1. The number of fused-ring (bicyclic) bond motifs is 1. The van der Waals surface area contributed by atoms with Gasteiger partial charge in [-0.2, -0.15) is 5.10 Å². The third-order valence-electron chi connectivity index (χ3n) is 3.92. The average molecular weight is 290 g/mol. The molecule has 1 N–H and O–H groups in total. The molecule has 1 aliphatic heterocycles. The summed E-state index contributed by atoms with van der Waals surface area (Å²) in [6.45, 7) is 7.03. The second kappa shape index (κ2) is 5.60. The smallest absolute Gasteiger partial charge is 0.262 e. The maximum atomic E-state index is 12.2. The summed E-state index contributed by atoms with van der Waals surface area (Å²) in [7, 11) is 0. The zero-order valence-electron chi connectivity index (χ0n) is 12.8. The number of hydrogen-bond acceptors (Lipinski definition) is 4. The molecule has 2 aromatic rings. The zero-order valence-corrected chi connectivity index (χ0v) is 12.8. The van der Waals surface area contributed by atoms with Crippen LogP contribution >= 0.6 is 0 Å². The molecule has 6 nitrogen and oxygen atoms in total. The molecule has 0 radical (unpaired) electrons. The SMILES string of the molecule is CC(C)Cc1nc2c(cnn2C2CCO[C@H](C)C2)c(=O)[nH]1. The van der Waals surface area contributed by atoms with Gasteiger partial charge in [0.1, 0.15) is 11.2 Å². The fourth-order valence-corrected chi connectivity index (χ4v) is 2.93. The van der Waals surface area contributed by atoms with Crippen LogP contribution in [-0.4, -0.2) is 32.5 Å². The van der Waals surface area contributed by atoms with Crippen LogP contribution in [0.25, 0.3) is 11.0 Å². The Labute approximate surface area is 123 Å².